The van der Waals surface area contributed by atoms with Gasteiger partial charge < -0.3 is 24.8 Å². The molecule has 1 unspecified atom stereocenters. The third kappa shape index (κ3) is 3.95. The number of likely N-dealkylation sites (tertiary alicyclic amines) is 1. The lowest BCUT2D eigenvalue weighted by Gasteiger charge is -2.43. The minimum atomic E-state index is -1.11. The summed E-state index contributed by atoms with van der Waals surface area (Å²) in [6.45, 7) is 0.606. The first-order valence-corrected chi connectivity index (χ1v) is 12.0. The Labute approximate surface area is 204 Å². The Bertz CT molecular complexity index is 1110. The second-order valence-corrected chi connectivity index (χ2v) is 9.88. The first-order valence-electron chi connectivity index (χ1n) is 12.0. The number of alkyl carbamates (subject to hydrolysis) is 1. The SMILES string of the molecule is COCC1(C(=O)O)CCN(C(=O)C2(NC(=O)OCC3c4ccccc4-c4ccccc43)CCC2)C1. The van der Waals surface area contributed by atoms with E-state index in [0.717, 1.165) is 28.7 Å². The van der Waals surface area contributed by atoms with Gasteiger partial charge >= 0.3 is 12.1 Å². The van der Waals surface area contributed by atoms with E-state index in [1.807, 2.05) is 24.3 Å². The molecule has 1 saturated heterocycles. The number of hydrogen-bond acceptors (Lipinski definition) is 5. The summed E-state index contributed by atoms with van der Waals surface area (Å²) in [5, 5.41) is 12.6. The number of hydrogen-bond donors (Lipinski definition) is 2. The van der Waals surface area contributed by atoms with Gasteiger partial charge in [0.05, 0.1) is 6.61 Å². The number of carbonyl (C=O) groups excluding carboxylic acids is 2. The van der Waals surface area contributed by atoms with Gasteiger partial charge in [0.1, 0.15) is 17.6 Å². The number of nitrogens with one attached hydrogen (secondary N) is 1. The molecule has 8 nitrogen and oxygen atoms in total. The number of carboxylic acids is 1. The number of amides is 2. The van der Waals surface area contributed by atoms with Gasteiger partial charge in [-0.15, -0.1) is 0 Å². The maximum atomic E-state index is 13.4. The first-order chi connectivity index (χ1) is 16.9. The average Bonchev–Trinajstić information content (AvgIpc) is 3.41. The molecule has 5 rings (SSSR count). The van der Waals surface area contributed by atoms with Crippen molar-refractivity contribution in [3.8, 4) is 11.1 Å². The molecule has 1 aliphatic heterocycles. The molecule has 2 aliphatic carbocycles. The number of benzene rings is 2. The largest absolute Gasteiger partial charge is 0.481 e. The fourth-order valence-corrected chi connectivity index (χ4v) is 5.73. The van der Waals surface area contributed by atoms with Gasteiger partial charge in [0.25, 0.3) is 0 Å². The fraction of sp³-hybridized carbons (Fsp3) is 0.444. The van der Waals surface area contributed by atoms with Crippen molar-refractivity contribution in [3.05, 3.63) is 59.7 Å². The van der Waals surface area contributed by atoms with E-state index >= 15 is 0 Å². The van der Waals surface area contributed by atoms with Crippen LogP contribution in [0, 0.1) is 5.41 Å². The Morgan fingerprint density at radius 3 is 2.20 bits per heavy atom. The maximum Gasteiger partial charge on any atom is 0.408 e. The molecule has 0 aromatic heterocycles. The zero-order valence-corrected chi connectivity index (χ0v) is 19.8. The normalized spacial score (nSPS) is 22.1. The van der Waals surface area contributed by atoms with Crippen LogP contribution in [0.5, 0.6) is 0 Å². The number of carboxylic acid groups (broad SMARTS) is 1. The summed E-state index contributed by atoms with van der Waals surface area (Å²) in [4.78, 5) is 39.7. The van der Waals surface area contributed by atoms with Gasteiger partial charge in [0.2, 0.25) is 5.91 Å². The Morgan fingerprint density at radius 1 is 1.03 bits per heavy atom. The molecule has 0 bridgehead atoms. The Hall–Kier alpha value is -3.39. The van der Waals surface area contributed by atoms with Crippen LogP contribution < -0.4 is 5.32 Å². The molecule has 2 amide bonds. The van der Waals surface area contributed by atoms with E-state index < -0.39 is 23.0 Å². The summed E-state index contributed by atoms with van der Waals surface area (Å²) in [5.74, 6) is -1.27. The molecular formula is C27H30N2O6. The summed E-state index contributed by atoms with van der Waals surface area (Å²) in [6, 6.07) is 16.2. The number of fused-ring (bicyclic) bond motifs is 3. The van der Waals surface area contributed by atoms with Crippen molar-refractivity contribution in [2.24, 2.45) is 5.41 Å². The standard InChI is InChI=1S/C27H30N2O6/c1-34-17-26(24(31)32)13-14-29(16-26)23(30)27(11-6-12-27)28-25(33)35-15-22-20-9-4-2-7-18(20)19-8-3-5-10-21(19)22/h2-5,7-10,22H,6,11-17H2,1H3,(H,28,33)(H,31,32). The van der Waals surface area contributed by atoms with Gasteiger partial charge in [-0.05, 0) is 47.9 Å². The van der Waals surface area contributed by atoms with Crippen LogP contribution in [0.15, 0.2) is 48.5 Å². The van der Waals surface area contributed by atoms with Gasteiger partial charge in [-0.3, -0.25) is 9.59 Å². The van der Waals surface area contributed by atoms with E-state index in [4.69, 9.17) is 9.47 Å². The summed E-state index contributed by atoms with van der Waals surface area (Å²) < 4.78 is 10.8. The van der Waals surface area contributed by atoms with Crippen molar-refractivity contribution in [3.63, 3.8) is 0 Å². The van der Waals surface area contributed by atoms with Gasteiger partial charge in [-0.1, -0.05) is 48.5 Å². The van der Waals surface area contributed by atoms with E-state index in [9.17, 15) is 19.5 Å². The van der Waals surface area contributed by atoms with E-state index in [1.54, 1.807) is 4.90 Å². The minimum Gasteiger partial charge on any atom is -0.481 e. The van der Waals surface area contributed by atoms with Crippen molar-refractivity contribution < 1.29 is 29.0 Å². The highest BCUT2D eigenvalue weighted by atomic mass is 16.5. The second-order valence-electron chi connectivity index (χ2n) is 9.88. The molecule has 1 saturated carbocycles. The summed E-state index contributed by atoms with van der Waals surface area (Å²) in [5.41, 5.74) is 2.39. The number of ether oxygens (including phenoxy) is 2. The summed E-state index contributed by atoms with van der Waals surface area (Å²) >= 11 is 0. The fourth-order valence-electron chi connectivity index (χ4n) is 5.73. The maximum absolute atomic E-state index is 13.4. The molecule has 2 aromatic carbocycles. The lowest BCUT2D eigenvalue weighted by molar-refractivity contribution is -0.152. The predicted octanol–water partition coefficient (Wildman–Crippen LogP) is 3.40. The molecule has 35 heavy (non-hydrogen) atoms. The highest BCUT2D eigenvalue weighted by molar-refractivity contribution is 5.92. The first kappa shape index (κ1) is 23.4. The topological polar surface area (TPSA) is 105 Å². The number of methoxy groups -OCH3 is 1. The highest BCUT2D eigenvalue weighted by Crippen LogP contribution is 2.44. The van der Waals surface area contributed by atoms with Crippen LogP contribution in [0.3, 0.4) is 0 Å². The minimum absolute atomic E-state index is 0.0406. The smallest absolute Gasteiger partial charge is 0.408 e. The number of rotatable bonds is 7. The van der Waals surface area contributed by atoms with Crippen molar-refractivity contribution in [1.82, 2.24) is 10.2 Å². The van der Waals surface area contributed by atoms with Gasteiger partial charge in [0.15, 0.2) is 0 Å². The molecule has 3 aliphatic rings. The Kier molecular flexibility index (Phi) is 6.01. The zero-order chi connectivity index (χ0) is 24.6. The molecule has 1 heterocycles. The molecule has 2 fully saturated rings. The Balaban J connectivity index is 1.25. The van der Waals surface area contributed by atoms with Crippen molar-refractivity contribution in [2.45, 2.75) is 37.1 Å². The molecule has 8 heteroatoms. The predicted molar refractivity (Wildman–Crippen MR) is 128 cm³/mol. The van der Waals surface area contributed by atoms with Crippen LogP contribution in [-0.2, 0) is 19.1 Å². The Morgan fingerprint density at radius 2 is 1.66 bits per heavy atom. The van der Waals surface area contributed by atoms with E-state index in [0.29, 0.717) is 25.8 Å². The molecule has 0 spiro atoms. The van der Waals surface area contributed by atoms with Crippen molar-refractivity contribution in [2.75, 3.05) is 33.4 Å². The molecule has 0 radical (unpaired) electrons. The van der Waals surface area contributed by atoms with Gasteiger partial charge in [-0.2, -0.15) is 0 Å². The lowest BCUT2D eigenvalue weighted by atomic mass is 9.75. The number of aliphatic carboxylic acids is 1. The van der Waals surface area contributed by atoms with Gasteiger partial charge in [0, 0.05) is 26.1 Å². The van der Waals surface area contributed by atoms with E-state index in [-0.39, 0.29) is 31.6 Å². The van der Waals surface area contributed by atoms with Crippen LogP contribution in [0.25, 0.3) is 11.1 Å². The van der Waals surface area contributed by atoms with Crippen LogP contribution in [0.2, 0.25) is 0 Å². The quantitative estimate of drug-likeness (QED) is 0.632. The number of carbonyl (C=O) groups is 3. The molecule has 1 atom stereocenters. The monoisotopic (exact) mass is 478 g/mol. The lowest BCUT2D eigenvalue weighted by Crippen LogP contribution is -2.63. The third-order valence-electron chi connectivity index (χ3n) is 7.82. The molecule has 2 aromatic rings. The molecular weight excluding hydrogens is 448 g/mol. The zero-order valence-electron chi connectivity index (χ0n) is 19.8. The van der Waals surface area contributed by atoms with Crippen LogP contribution in [0.1, 0.15) is 42.7 Å². The van der Waals surface area contributed by atoms with Crippen LogP contribution in [0.4, 0.5) is 4.79 Å². The van der Waals surface area contributed by atoms with Crippen LogP contribution >= 0.6 is 0 Å². The van der Waals surface area contributed by atoms with Crippen LogP contribution in [-0.4, -0.2) is 66.9 Å². The highest BCUT2D eigenvalue weighted by Gasteiger charge is 2.53. The second kappa shape index (κ2) is 9.00. The van der Waals surface area contributed by atoms with E-state index in [1.165, 1.54) is 7.11 Å². The van der Waals surface area contributed by atoms with Crippen molar-refractivity contribution >= 4 is 18.0 Å². The van der Waals surface area contributed by atoms with Gasteiger partial charge in [-0.25, -0.2) is 4.79 Å². The summed E-state index contributed by atoms with van der Waals surface area (Å²) in [6.07, 6.45) is 1.53. The average molecular weight is 479 g/mol. The third-order valence-corrected chi connectivity index (χ3v) is 7.82. The molecule has 184 valence electrons. The molecule has 2 N–H and O–H groups in total. The number of nitrogens with zero attached hydrogens (tertiary/aromatic N) is 1. The van der Waals surface area contributed by atoms with E-state index in [2.05, 4.69) is 29.6 Å². The summed E-state index contributed by atoms with van der Waals surface area (Å²) in [7, 11) is 1.46. The van der Waals surface area contributed by atoms with Crippen molar-refractivity contribution in [1.29, 1.82) is 0 Å².